The minimum absolute atomic E-state index is 0.0260. The monoisotopic (exact) mass is 543 g/mol. The molecule has 0 aliphatic carbocycles. The normalized spacial score (nSPS) is 17.4. The molecule has 0 saturated heterocycles. The first kappa shape index (κ1) is 24.3. The average Bonchev–Trinajstić information content (AvgIpc) is 3.33. The Bertz CT molecular complexity index is 1580. The van der Waals surface area contributed by atoms with Crippen LogP contribution in [0.1, 0.15) is 12.5 Å². The molecule has 1 amide bonds. The minimum Gasteiger partial charge on any atom is -0.384 e. The Morgan fingerprint density at radius 2 is 1.61 bits per heavy atom. The molecule has 3 heterocycles. The molecule has 0 unspecified atom stereocenters. The maximum atomic E-state index is 13.9. The van der Waals surface area contributed by atoms with E-state index < -0.39 is 26.6 Å². The summed E-state index contributed by atoms with van der Waals surface area (Å²) in [6, 6.07) is 15.5. The Morgan fingerprint density at radius 3 is 2.19 bits per heavy atom. The van der Waals surface area contributed by atoms with E-state index in [1.165, 1.54) is 27.7 Å². The van der Waals surface area contributed by atoms with Crippen LogP contribution in [-0.2, 0) is 26.9 Å². The van der Waals surface area contributed by atoms with E-state index in [0.29, 0.717) is 21.6 Å². The summed E-state index contributed by atoms with van der Waals surface area (Å²) in [6.45, 7) is 1.60. The van der Waals surface area contributed by atoms with Crippen LogP contribution >= 0.6 is 23.2 Å². The van der Waals surface area contributed by atoms with Gasteiger partial charge in [0.1, 0.15) is 11.4 Å². The highest BCUT2D eigenvalue weighted by Crippen LogP contribution is 2.44. The first-order chi connectivity index (χ1) is 17.0. The molecule has 4 aromatic rings. The molecule has 1 aliphatic rings. The number of carbonyl (C=O) groups excluding carboxylic acids is 1. The molecule has 36 heavy (non-hydrogen) atoms. The topological polar surface area (TPSA) is 131 Å². The van der Waals surface area contributed by atoms with E-state index in [2.05, 4.69) is 9.97 Å². The lowest BCUT2D eigenvalue weighted by Gasteiger charge is -2.26. The number of fused-ring (bicyclic) bond motifs is 1. The number of hydrogen-bond acceptors (Lipinski definition) is 6. The largest absolute Gasteiger partial charge is 0.384 e. The summed E-state index contributed by atoms with van der Waals surface area (Å²) < 4.78 is 35.5. The van der Waals surface area contributed by atoms with Crippen LogP contribution in [0.2, 0.25) is 10.0 Å². The highest BCUT2D eigenvalue weighted by Gasteiger charge is 2.51. The first-order valence-corrected chi connectivity index (χ1v) is 12.8. The van der Waals surface area contributed by atoms with Crippen molar-refractivity contribution in [2.75, 3.05) is 10.6 Å². The van der Waals surface area contributed by atoms with Gasteiger partial charge in [-0.15, -0.1) is 0 Å². The molecular weight excluding hydrogens is 525 g/mol. The molecule has 12 heteroatoms. The summed E-state index contributed by atoms with van der Waals surface area (Å²) in [5.74, 6) is -0.0157. The van der Waals surface area contributed by atoms with Gasteiger partial charge in [-0.25, -0.2) is 14.9 Å². The van der Waals surface area contributed by atoms with Crippen molar-refractivity contribution in [2.45, 2.75) is 23.9 Å². The molecular formula is C24H19Cl2N5O4S. The van der Waals surface area contributed by atoms with Gasteiger partial charge >= 0.3 is 10.1 Å². The number of nitrogens with zero attached hydrogens (tertiary/aromatic N) is 4. The van der Waals surface area contributed by atoms with E-state index in [1.54, 1.807) is 19.2 Å². The lowest BCUT2D eigenvalue weighted by Crippen LogP contribution is -2.41. The molecule has 0 fully saturated rings. The van der Waals surface area contributed by atoms with E-state index in [1.807, 2.05) is 30.3 Å². The standard InChI is InChI=1S/C24H19Cl2N5O4S/c1-24(11-14-2-4-15(5-3-14)16-6-7-20(27)28-12-16)22(32)30(19-9-17(25)8-18(26)10-19)23-29-13-21(31(23)24)36(33,34)35/h2-10,12-13H,11H2,1H3,(H2,27,28)(H,33,34,35)/t24-/m1/s1. The summed E-state index contributed by atoms with van der Waals surface area (Å²) >= 11 is 12.3. The third-order valence-corrected chi connectivity index (χ3v) is 7.31. The maximum Gasteiger partial charge on any atom is 0.312 e. The van der Waals surface area contributed by atoms with Gasteiger partial charge in [0.05, 0.1) is 11.9 Å². The molecule has 5 rings (SSSR count). The summed E-state index contributed by atoms with van der Waals surface area (Å²) in [5, 5.41) is 0.0908. The number of imidazole rings is 1. The number of carbonyl (C=O) groups is 1. The average molecular weight is 544 g/mol. The van der Waals surface area contributed by atoms with Crippen molar-refractivity contribution >= 4 is 56.7 Å². The van der Waals surface area contributed by atoms with Crippen molar-refractivity contribution in [1.29, 1.82) is 0 Å². The van der Waals surface area contributed by atoms with Crippen LogP contribution in [0.5, 0.6) is 0 Å². The maximum absolute atomic E-state index is 13.9. The quantitative estimate of drug-likeness (QED) is 0.348. The Kier molecular flexibility index (Phi) is 5.79. The van der Waals surface area contributed by atoms with E-state index in [-0.39, 0.29) is 12.4 Å². The van der Waals surface area contributed by atoms with Gasteiger partial charge in [-0.1, -0.05) is 47.5 Å². The zero-order valence-electron chi connectivity index (χ0n) is 18.8. The lowest BCUT2D eigenvalue weighted by molar-refractivity contribution is -0.124. The number of benzene rings is 2. The van der Waals surface area contributed by atoms with Gasteiger partial charge in [0.2, 0.25) is 5.95 Å². The van der Waals surface area contributed by atoms with Gasteiger partial charge in [-0.3, -0.25) is 13.9 Å². The van der Waals surface area contributed by atoms with E-state index in [4.69, 9.17) is 28.9 Å². The Balaban J connectivity index is 1.58. The third-order valence-electron chi connectivity index (χ3n) is 6.06. The van der Waals surface area contributed by atoms with Crippen molar-refractivity contribution in [3.63, 3.8) is 0 Å². The molecule has 3 N–H and O–H groups in total. The number of aromatic nitrogens is 3. The second-order valence-corrected chi connectivity index (χ2v) is 10.8. The molecule has 1 aliphatic heterocycles. The minimum atomic E-state index is -4.69. The molecule has 9 nitrogen and oxygen atoms in total. The fourth-order valence-corrected chi connectivity index (χ4v) is 5.62. The van der Waals surface area contributed by atoms with E-state index >= 15 is 0 Å². The summed E-state index contributed by atoms with van der Waals surface area (Å²) in [5.41, 5.74) is 7.06. The smallest absolute Gasteiger partial charge is 0.312 e. The van der Waals surface area contributed by atoms with Gasteiger partial charge in [-0.2, -0.15) is 8.42 Å². The molecule has 0 saturated carbocycles. The van der Waals surface area contributed by atoms with Crippen LogP contribution in [-0.4, -0.2) is 33.4 Å². The highest BCUT2D eigenvalue weighted by molar-refractivity contribution is 7.85. The van der Waals surface area contributed by atoms with Crippen molar-refractivity contribution in [3.8, 4) is 11.1 Å². The van der Waals surface area contributed by atoms with E-state index in [9.17, 15) is 17.8 Å². The molecule has 0 spiro atoms. The predicted octanol–water partition coefficient (Wildman–Crippen LogP) is 4.72. The zero-order chi connectivity index (χ0) is 25.8. The third kappa shape index (κ3) is 4.11. The fraction of sp³-hybridized carbons (Fsp3) is 0.125. The zero-order valence-corrected chi connectivity index (χ0v) is 21.1. The van der Waals surface area contributed by atoms with Crippen molar-refractivity contribution in [1.82, 2.24) is 14.5 Å². The predicted molar refractivity (Wildman–Crippen MR) is 137 cm³/mol. The molecule has 2 aromatic heterocycles. The van der Waals surface area contributed by atoms with Gasteiger partial charge in [0.25, 0.3) is 5.91 Å². The van der Waals surface area contributed by atoms with Crippen LogP contribution in [0.3, 0.4) is 0 Å². The molecule has 184 valence electrons. The molecule has 0 bridgehead atoms. The molecule has 1 atom stereocenters. The number of anilines is 3. The highest BCUT2D eigenvalue weighted by atomic mass is 35.5. The van der Waals surface area contributed by atoms with Gasteiger partial charge in [-0.05, 0) is 48.4 Å². The first-order valence-electron chi connectivity index (χ1n) is 10.6. The van der Waals surface area contributed by atoms with Crippen molar-refractivity contribution in [2.24, 2.45) is 0 Å². The second kappa shape index (κ2) is 8.59. The number of pyridine rings is 1. The van der Waals surface area contributed by atoms with Crippen molar-refractivity contribution in [3.05, 3.63) is 82.6 Å². The van der Waals surface area contributed by atoms with Crippen LogP contribution in [0.15, 0.2) is 72.0 Å². The molecule has 2 aromatic carbocycles. The summed E-state index contributed by atoms with van der Waals surface area (Å²) in [6.07, 6.45) is 2.80. The number of nitrogen functional groups attached to an aromatic ring is 1. The number of hydrogen-bond donors (Lipinski definition) is 2. The fourth-order valence-electron chi connectivity index (χ4n) is 4.40. The Labute approximate surface area is 216 Å². The lowest BCUT2D eigenvalue weighted by atomic mass is 9.91. The van der Waals surface area contributed by atoms with Gasteiger partial charge in [0.15, 0.2) is 5.03 Å². The number of rotatable bonds is 5. The van der Waals surface area contributed by atoms with Crippen LogP contribution in [0.4, 0.5) is 17.5 Å². The van der Waals surface area contributed by atoms with Crippen LogP contribution in [0.25, 0.3) is 11.1 Å². The summed E-state index contributed by atoms with van der Waals surface area (Å²) in [4.78, 5) is 23.4. The SMILES string of the molecule is C[C@@]1(Cc2ccc(-c3ccc(N)nc3)cc2)C(=O)N(c2cc(Cl)cc(Cl)c2)c2ncc(S(=O)(=O)O)n21. The number of amides is 1. The van der Waals surface area contributed by atoms with Gasteiger partial charge in [0, 0.05) is 28.2 Å². The Morgan fingerprint density at radius 1 is 0.972 bits per heavy atom. The van der Waals surface area contributed by atoms with E-state index in [0.717, 1.165) is 22.9 Å². The van der Waals surface area contributed by atoms with Crippen molar-refractivity contribution < 1.29 is 17.8 Å². The molecule has 0 radical (unpaired) electrons. The van der Waals surface area contributed by atoms with Gasteiger partial charge < -0.3 is 5.73 Å². The number of halogens is 2. The van der Waals surface area contributed by atoms with Crippen LogP contribution < -0.4 is 10.6 Å². The number of nitrogens with two attached hydrogens (primary N) is 1. The second-order valence-electron chi connectivity index (χ2n) is 8.59. The Hall–Kier alpha value is -3.44. The summed E-state index contributed by atoms with van der Waals surface area (Å²) in [7, 11) is -4.69. The van der Waals surface area contributed by atoms with Crippen LogP contribution in [0, 0.1) is 0 Å².